The van der Waals surface area contributed by atoms with Crippen molar-refractivity contribution in [2.75, 3.05) is 0 Å². The molecule has 0 saturated heterocycles. The van der Waals surface area contributed by atoms with Crippen LogP contribution in [-0.4, -0.2) is 15.9 Å². The van der Waals surface area contributed by atoms with Crippen LogP contribution in [-0.2, 0) is 6.42 Å². The molecular formula is C24H27F3N2O. The van der Waals surface area contributed by atoms with Crippen LogP contribution in [0.2, 0.25) is 0 Å². The lowest BCUT2D eigenvalue weighted by Gasteiger charge is -2.40. The summed E-state index contributed by atoms with van der Waals surface area (Å²) in [7, 11) is 0. The first-order valence-corrected chi connectivity index (χ1v) is 10.4. The van der Waals surface area contributed by atoms with Crippen molar-refractivity contribution in [2.24, 2.45) is 11.3 Å². The first-order chi connectivity index (χ1) is 14.1. The van der Waals surface area contributed by atoms with Gasteiger partial charge in [0.05, 0.1) is 11.0 Å². The smallest absolute Gasteiger partial charge is 0.406 e. The molecule has 30 heavy (non-hydrogen) atoms. The minimum atomic E-state index is -4.70. The maximum Gasteiger partial charge on any atom is 0.573 e. The van der Waals surface area contributed by atoms with Gasteiger partial charge < -0.3 is 9.30 Å². The fourth-order valence-corrected chi connectivity index (χ4v) is 5.15. The van der Waals surface area contributed by atoms with Crippen molar-refractivity contribution in [2.45, 2.75) is 58.9 Å². The summed E-state index contributed by atoms with van der Waals surface area (Å²) in [5, 5.41) is 0. The number of para-hydroxylation sites is 2. The Balaban J connectivity index is 1.72. The highest BCUT2D eigenvalue weighted by molar-refractivity contribution is 5.76. The van der Waals surface area contributed by atoms with Crippen LogP contribution in [0.3, 0.4) is 0 Å². The Labute approximate surface area is 174 Å². The fraction of sp³-hybridized carbons (Fsp3) is 0.458. The molecular weight excluding hydrogens is 389 g/mol. The Morgan fingerprint density at radius 1 is 1.10 bits per heavy atom. The molecule has 4 rings (SSSR count). The second-order valence-electron chi connectivity index (χ2n) is 9.33. The van der Waals surface area contributed by atoms with E-state index in [1.54, 1.807) is 6.07 Å². The molecule has 1 heterocycles. The number of ether oxygens (including phenoxy) is 1. The summed E-state index contributed by atoms with van der Waals surface area (Å²) in [5.41, 5.74) is 3.00. The summed E-state index contributed by atoms with van der Waals surface area (Å²) in [4.78, 5) is 4.86. The van der Waals surface area contributed by atoms with E-state index in [2.05, 4.69) is 36.1 Å². The zero-order valence-electron chi connectivity index (χ0n) is 17.5. The topological polar surface area (TPSA) is 27.1 Å². The van der Waals surface area contributed by atoms with Crippen molar-refractivity contribution < 1.29 is 17.9 Å². The highest BCUT2D eigenvalue weighted by Crippen LogP contribution is 2.45. The summed E-state index contributed by atoms with van der Waals surface area (Å²) >= 11 is 0. The first-order valence-electron chi connectivity index (χ1n) is 10.4. The average Bonchev–Trinajstić information content (AvgIpc) is 2.96. The number of fused-ring (bicyclic) bond motifs is 1. The van der Waals surface area contributed by atoms with Crippen LogP contribution in [0.1, 0.15) is 57.5 Å². The van der Waals surface area contributed by atoms with Gasteiger partial charge in [0.25, 0.3) is 0 Å². The lowest BCUT2D eigenvalue weighted by atomic mass is 9.70. The van der Waals surface area contributed by atoms with Crippen LogP contribution in [0.25, 0.3) is 11.0 Å². The SMILES string of the molecule is CC1CC(n2c(Cc3cccc(OC(F)(F)F)c3)nc3ccccc32)CC(C)(C)C1. The Bertz CT molecular complexity index is 1040. The molecule has 1 aliphatic rings. The van der Waals surface area contributed by atoms with Crippen LogP contribution in [0.5, 0.6) is 5.75 Å². The van der Waals surface area contributed by atoms with E-state index in [0.717, 1.165) is 35.3 Å². The largest absolute Gasteiger partial charge is 0.573 e. The number of halogens is 3. The van der Waals surface area contributed by atoms with Crippen molar-refractivity contribution in [1.82, 2.24) is 9.55 Å². The number of nitrogens with zero attached hydrogens (tertiary/aromatic N) is 2. The van der Waals surface area contributed by atoms with Crippen LogP contribution in [0, 0.1) is 11.3 Å². The molecule has 3 aromatic rings. The standard InChI is InChI=1S/C24H27F3N2O/c1-16-11-18(15-23(2,3)14-16)29-21-10-5-4-9-20(21)28-22(29)13-17-7-6-8-19(12-17)30-24(25,26)27/h4-10,12,16,18H,11,13-15H2,1-3H3. The van der Waals surface area contributed by atoms with E-state index < -0.39 is 6.36 Å². The molecule has 160 valence electrons. The maximum atomic E-state index is 12.6. The number of imidazole rings is 1. The molecule has 1 aromatic heterocycles. The van der Waals surface area contributed by atoms with E-state index >= 15 is 0 Å². The van der Waals surface area contributed by atoms with Crippen molar-refractivity contribution in [3.8, 4) is 5.75 Å². The van der Waals surface area contributed by atoms with Gasteiger partial charge in [-0.1, -0.05) is 45.0 Å². The van der Waals surface area contributed by atoms with E-state index in [1.165, 1.54) is 18.6 Å². The van der Waals surface area contributed by atoms with Gasteiger partial charge >= 0.3 is 6.36 Å². The predicted molar refractivity (Wildman–Crippen MR) is 111 cm³/mol. The van der Waals surface area contributed by atoms with Crippen molar-refractivity contribution in [1.29, 1.82) is 0 Å². The summed E-state index contributed by atoms with van der Waals surface area (Å²) in [6, 6.07) is 14.6. The number of rotatable bonds is 4. The Morgan fingerprint density at radius 2 is 1.87 bits per heavy atom. The minimum absolute atomic E-state index is 0.199. The Hall–Kier alpha value is -2.50. The summed E-state index contributed by atoms with van der Waals surface area (Å²) in [6.07, 6.45) is -0.914. The summed E-state index contributed by atoms with van der Waals surface area (Å²) in [5.74, 6) is 1.29. The molecule has 1 fully saturated rings. The minimum Gasteiger partial charge on any atom is -0.406 e. The molecule has 6 heteroatoms. The molecule has 2 atom stereocenters. The number of hydrogen-bond acceptors (Lipinski definition) is 2. The van der Waals surface area contributed by atoms with Gasteiger partial charge in [-0.15, -0.1) is 13.2 Å². The second-order valence-corrected chi connectivity index (χ2v) is 9.33. The molecule has 3 nitrogen and oxygen atoms in total. The number of alkyl halides is 3. The monoisotopic (exact) mass is 416 g/mol. The van der Waals surface area contributed by atoms with Crippen LogP contribution in [0.15, 0.2) is 48.5 Å². The average molecular weight is 416 g/mol. The van der Waals surface area contributed by atoms with Gasteiger partial charge in [0.2, 0.25) is 0 Å². The van der Waals surface area contributed by atoms with Gasteiger partial charge in [-0.2, -0.15) is 0 Å². The van der Waals surface area contributed by atoms with E-state index in [9.17, 15) is 13.2 Å². The van der Waals surface area contributed by atoms with Gasteiger partial charge in [0, 0.05) is 12.5 Å². The van der Waals surface area contributed by atoms with Crippen LogP contribution >= 0.6 is 0 Å². The van der Waals surface area contributed by atoms with Gasteiger partial charge in [0.15, 0.2) is 0 Å². The molecule has 0 spiro atoms. The van der Waals surface area contributed by atoms with E-state index in [4.69, 9.17) is 4.98 Å². The highest BCUT2D eigenvalue weighted by Gasteiger charge is 2.34. The normalized spacial score (nSPS) is 21.7. The number of aromatic nitrogens is 2. The lowest BCUT2D eigenvalue weighted by Crippen LogP contribution is -2.30. The zero-order valence-corrected chi connectivity index (χ0v) is 17.5. The van der Waals surface area contributed by atoms with Gasteiger partial charge in [0.1, 0.15) is 11.6 Å². The molecule has 0 bridgehead atoms. The fourth-order valence-electron chi connectivity index (χ4n) is 5.15. The van der Waals surface area contributed by atoms with Crippen molar-refractivity contribution in [3.63, 3.8) is 0 Å². The molecule has 1 saturated carbocycles. The van der Waals surface area contributed by atoms with E-state index in [0.29, 0.717) is 18.4 Å². The van der Waals surface area contributed by atoms with Crippen molar-refractivity contribution in [3.05, 3.63) is 59.9 Å². The maximum absolute atomic E-state index is 12.6. The van der Waals surface area contributed by atoms with Crippen LogP contribution in [0.4, 0.5) is 13.2 Å². The Morgan fingerprint density at radius 3 is 2.60 bits per heavy atom. The van der Waals surface area contributed by atoms with Crippen LogP contribution < -0.4 is 4.74 Å². The molecule has 0 amide bonds. The number of benzene rings is 2. The molecule has 2 unspecified atom stereocenters. The third kappa shape index (κ3) is 4.63. The molecule has 1 aliphatic carbocycles. The predicted octanol–water partition coefficient (Wildman–Crippen LogP) is 6.91. The highest BCUT2D eigenvalue weighted by atomic mass is 19.4. The molecule has 0 aliphatic heterocycles. The van der Waals surface area contributed by atoms with Gasteiger partial charge in [-0.05, 0) is 60.4 Å². The summed E-state index contributed by atoms with van der Waals surface area (Å²) < 4.78 is 44.3. The molecule has 0 radical (unpaired) electrons. The second kappa shape index (κ2) is 7.64. The third-order valence-electron chi connectivity index (χ3n) is 5.89. The third-order valence-corrected chi connectivity index (χ3v) is 5.89. The lowest BCUT2D eigenvalue weighted by molar-refractivity contribution is -0.274. The quantitative estimate of drug-likeness (QED) is 0.462. The Kier molecular flexibility index (Phi) is 5.28. The van der Waals surface area contributed by atoms with Gasteiger partial charge in [-0.3, -0.25) is 0 Å². The molecule has 2 aromatic carbocycles. The molecule has 0 N–H and O–H groups in total. The number of hydrogen-bond donors (Lipinski definition) is 0. The van der Waals surface area contributed by atoms with E-state index in [-0.39, 0.29) is 11.2 Å². The van der Waals surface area contributed by atoms with Gasteiger partial charge in [-0.25, -0.2) is 4.98 Å². The summed E-state index contributed by atoms with van der Waals surface area (Å²) in [6.45, 7) is 6.92. The van der Waals surface area contributed by atoms with Crippen molar-refractivity contribution >= 4 is 11.0 Å². The zero-order chi connectivity index (χ0) is 21.5. The first kappa shape index (κ1) is 20.8. The van der Waals surface area contributed by atoms with E-state index in [1.807, 2.05) is 24.3 Å².